The van der Waals surface area contributed by atoms with E-state index in [-0.39, 0.29) is 11.6 Å². The van der Waals surface area contributed by atoms with Gasteiger partial charge in [0.15, 0.2) is 11.5 Å². The zero-order valence-corrected chi connectivity index (χ0v) is 14.2. The van der Waals surface area contributed by atoms with Crippen molar-refractivity contribution in [2.24, 2.45) is 0 Å². The zero-order valence-electron chi connectivity index (χ0n) is 14.2. The number of aryl methyl sites for hydroxylation is 1. The maximum Gasteiger partial charge on any atom is 0.272 e. The van der Waals surface area contributed by atoms with Gasteiger partial charge in [-0.2, -0.15) is 5.26 Å². The van der Waals surface area contributed by atoms with Crippen molar-refractivity contribution in [2.75, 3.05) is 5.32 Å². The van der Waals surface area contributed by atoms with Gasteiger partial charge >= 0.3 is 0 Å². The topological polar surface area (TPSA) is 90.7 Å². The van der Waals surface area contributed by atoms with E-state index < -0.39 is 0 Å². The number of hydrogen-bond donors (Lipinski definition) is 2. The Labute approximate surface area is 151 Å². The van der Waals surface area contributed by atoms with E-state index in [1.807, 2.05) is 31.2 Å². The molecule has 1 amide bonds. The molecule has 26 heavy (non-hydrogen) atoms. The predicted molar refractivity (Wildman–Crippen MR) is 98.8 cm³/mol. The Morgan fingerprint density at radius 3 is 2.46 bits per heavy atom. The fourth-order valence-electron chi connectivity index (χ4n) is 2.37. The van der Waals surface area contributed by atoms with Crippen LogP contribution in [0.4, 0.5) is 11.5 Å². The zero-order chi connectivity index (χ0) is 18.4. The van der Waals surface area contributed by atoms with E-state index in [0.29, 0.717) is 17.9 Å². The molecule has 0 aliphatic carbocycles. The average Bonchev–Trinajstić information content (AvgIpc) is 2.68. The first-order valence-corrected chi connectivity index (χ1v) is 8.09. The number of benzene rings is 2. The highest BCUT2D eigenvalue weighted by atomic mass is 16.1. The third kappa shape index (κ3) is 4.22. The molecule has 2 aromatic carbocycles. The Hall–Kier alpha value is -3.72. The molecule has 0 saturated carbocycles. The summed E-state index contributed by atoms with van der Waals surface area (Å²) in [7, 11) is 0. The van der Waals surface area contributed by atoms with Crippen LogP contribution in [0.1, 0.15) is 27.2 Å². The molecule has 6 nitrogen and oxygen atoms in total. The first-order valence-electron chi connectivity index (χ1n) is 8.09. The van der Waals surface area contributed by atoms with Crippen LogP contribution in [0.25, 0.3) is 0 Å². The van der Waals surface area contributed by atoms with Crippen LogP contribution in [-0.4, -0.2) is 16.1 Å². The highest BCUT2D eigenvalue weighted by Crippen LogP contribution is 2.14. The number of aromatic nitrogens is 2. The molecule has 0 atom stereocenters. The van der Waals surface area contributed by atoms with E-state index >= 15 is 0 Å². The molecule has 128 valence electrons. The third-order valence-corrected chi connectivity index (χ3v) is 3.88. The number of nitriles is 1. The number of hydrogen-bond acceptors (Lipinski definition) is 5. The molecule has 0 aliphatic heterocycles. The second kappa shape index (κ2) is 7.90. The summed E-state index contributed by atoms with van der Waals surface area (Å²) in [6.45, 7) is 2.45. The fraction of sp³-hybridized carbons (Fsp3) is 0.100. The number of carbonyl (C=O) groups is 1. The molecule has 0 bridgehead atoms. The molecule has 0 spiro atoms. The van der Waals surface area contributed by atoms with Crippen molar-refractivity contribution in [1.82, 2.24) is 15.5 Å². The Balaban J connectivity index is 1.60. The van der Waals surface area contributed by atoms with E-state index in [1.165, 1.54) is 0 Å². The van der Waals surface area contributed by atoms with Crippen LogP contribution in [0.5, 0.6) is 0 Å². The maximum atomic E-state index is 12.2. The van der Waals surface area contributed by atoms with Crippen molar-refractivity contribution < 1.29 is 4.79 Å². The molecular weight excluding hydrogens is 326 g/mol. The van der Waals surface area contributed by atoms with Crippen molar-refractivity contribution in [1.29, 1.82) is 5.26 Å². The summed E-state index contributed by atoms with van der Waals surface area (Å²) in [6.07, 6.45) is 0. The molecule has 2 N–H and O–H groups in total. The molecule has 0 unspecified atom stereocenters. The second-order valence-electron chi connectivity index (χ2n) is 5.73. The molecule has 0 saturated heterocycles. The number of rotatable bonds is 5. The second-order valence-corrected chi connectivity index (χ2v) is 5.73. The lowest BCUT2D eigenvalue weighted by atomic mass is 10.1. The third-order valence-electron chi connectivity index (χ3n) is 3.88. The van der Waals surface area contributed by atoms with Crippen molar-refractivity contribution in [2.45, 2.75) is 13.5 Å². The van der Waals surface area contributed by atoms with Crippen LogP contribution in [0.2, 0.25) is 0 Å². The largest absolute Gasteiger partial charge is 0.347 e. The summed E-state index contributed by atoms with van der Waals surface area (Å²) >= 11 is 0. The highest BCUT2D eigenvalue weighted by molar-refractivity contribution is 5.92. The van der Waals surface area contributed by atoms with E-state index in [9.17, 15) is 4.79 Å². The van der Waals surface area contributed by atoms with Gasteiger partial charge in [0.05, 0.1) is 11.6 Å². The number of nitrogens with one attached hydrogen (secondary N) is 2. The Morgan fingerprint density at radius 1 is 1.04 bits per heavy atom. The minimum Gasteiger partial charge on any atom is -0.347 e. The van der Waals surface area contributed by atoms with Crippen LogP contribution in [0.3, 0.4) is 0 Å². The molecule has 1 aromatic heterocycles. The normalized spacial score (nSPS) is 10.0. The predicted octanol–water partition coefficient (Wildman–Crippen LogP) is 3.33. The first-order chi connectivity index (χ1) is 12.7. The average molecular weight is 343 g/mol. The van der Waals surface area contributed by atoms with Gasteiger partial charge in [-0.05, 0) is 54.4 Å². The fourth-order valence-corrected chi connectivity index (χ4v) is 2.37. The van der Waals surface area contributed by atoms with Gasteiger partial charge < -0.3 is 10.6 Å². The van der Waals surface area contributed by atoms with Crippen molar-refractivity contribution in [3.63, 3.8) is 0 Å². The summed E-state index contributed by atoms with van der Waals surface area (Å²) in [5.41, 5.74) is 3.81. The van der Waals surface area contributed by atoms with Crippen LogP contribution >= 0.6 is 0 Å². The monoisotopic (exact) mass is 343 g/mol. The number of carbonyl (C=O) groups excluding carboxylic acids is 1. The van der Waals surface area contributed by atoms with Crippen LogP contribution in [0.15, 0.2) is 60.7 Å². The molecule has 0 fully saturated rings. The SMILES string of the molecule is Cc1ccccc1CNC(=O)c1ccc(Nc2ccc(C#N)cc2)nn1. The number of anilines is 2. The Bertz CT molecular complexity index is 943. The van der Waals surface area contributed by atoms with Crippen molar-refractivity contribution >= 4 is 17.4 Å². The van der Waals surface area contributed by atoms with Crippen LogP contribution < -0.4 is 10.6 Å². The van der Waals surface area contributed by atoms with Gasteiger partial charge in [0, 0.05) is 12.2 Å². The van der Waals surface area contributed by atoms with Crippen LogP contribution in [0, 0.1) is 18.3 Å². The maximum absolute atomic E-state index is 12.2. The molecule has 1 heterocycles. The van der Waals surface area contributed by atoms with E-state index in [0.717, 1.165) is 16.8 Å². The van der Waals surface area contributed by atoms with E-state index in [1.54, 1.807) is 36.4 Å². The molecule has 3 rings (SSSR count). The lowest BCUT2D eigenvalue weighted by Gasteiger charge is -2.08. The molecule has 6 heteroatoms. The molecule has 3 aromatic rings. The summed E-state index contributed by atoms with van der Waals surface area (Å²) < 4.78 is 0. The molecule has 0 radical (unpaired) electrons. The Morgan fingerprint density at radius 2 is 1.81 bits per heavy atom. The summed E-state index contributed by atoms with van der Waals surface area (Å²) in [4.78, 5) is 12.2. The first kappa shape index (κ1) is 17.1. The molecule has 0 aliphatic rings. The minimum atomic E-state index is -0.273. The van der Waals surface area contributed by atoms with Crippen molar-refractivity contribution in [3.8, 4) is 6.07 Å². The lowest BCUT2D eigenvalue weighted by Crippen LogP contribution is -2.24. The van der Waals surface area contributed by atoms with Gasteiger partial charge in [-0.3, -0.25) is 4.79 Å². The summed E-state index contributed by atoms with van der Waals surface area (Å²) in [6, 6.07) is 20.2. The van der Waals surface area contributed by atoms with Gasteiger partial charge in [-0.15, -0.1) is 10.2 Å². The van der Waals surface area contributed by atoms with Gasteiger partial charge in [0.1, 0.15) is 0 Å². The number of amides is 1. The van der Waals surface area contributed by atoms with Gasteiger partial charge in [0.2, 0.25) is 0 Å². The van der Waals surface area contributed by atoms with E-state index in [4.69, 9.17) is 5.26 Å². The smallest absolute Gasteiger partial charge is 0.272 e. The van der Waals surface area contributed by atoms with Gasteiger partial charge in [-0.25, -0.2) is 0 Å². The molecular formula is C20H17N5O. The summed E-state index contributed by atoms with van der Waals surface area (Å²) in [5.74, 6) is 0.246. The minimum absolute atomic E-state index is 0.254. The standard InChI is InChI=1S/C20H17N5O/c1-14-4-2-3-5-16(14)13-22-20(26)18-10-11-19(25-24-18)23-17-8-6-15(12-21)7-9-17/h2-11H,13H2,1H3,(H,22,26)(H,23,25). The summed E-state index contributed by atoms with van der Waals surface area (Å²) in [5, 5.41) is 22.7. The van der Waals surface area contributed by atoms with Gasteiger partial charge in [0.25, 0.3) is 5.91 Å². The van der Waals surface area contributed by atoms with E-state index in [2.05, 4.69) is 26.9 Å². The van der Waals surface area contributed by atoms with Crippen LogP contribution in [-0.2, 0) is 6.54 Å². The number of nitrogens with zero attached hydrogens (tertiary/aromatic N) is 3. The van der Waals surface area contributed by atoms with Crippen molar-refractivity contribution in [3.05, 3.63) is 83.0 Å². The van der Waals surface area contributed by atoms with Gasteiger partial charge in [-0.1, -0.05) is 24.3 Å². The Kier molecular flexibility index (Phi) is 5.20. The highest BCUT2D eigenvalue weighted by Gasteiger charge is 2.09. The lowest BCUT2D eigenvalue weighted by molar-refractivity contribution is 0.0945. The quantitative estimate of drug-likeness (QED) is 0.741.